The minimum absolute atomic E-state index is 0.410. The van der Waals surface area contributed by atoms with Crippen molar-refractivity contribution >= 4 is 31.9 Å². The van der Waals surface area contributed by atoms with Crippen LogP contribution in [0.15, 0.2) is 22.7 Å². The number of ether oxygens (including phenoxy) is 1. The fourth-order valence-electron chi connectivity index (χ4n) is 2.70. The average molecular weight is 376 g/mol. The molecule has 0 radical (unpaired) electrons. The number of halogens is 2. The molecule has 0 spiro atoms. The van der Waals surface area contributed by atoms with Gasteiger partial charge in [-0.2, -0.15) is 0 Å². The van der Waals surface area contributed by atoms with E-state index in [9.17, 15) is 0 Å². The number of rotatable bonds is 4. The van der Waals surface area contributed by atoms with E-state index in [-0.39, 0.29) is 0 Å². The van der Waals surface area contributed by atoms with E-state index in [1.807, 2.05) is 0 Å². The first-order valence-electron chi connectivity index (χ1n) is 6.75. The highest BCUT2D eigenvalue weighted by Gasteiger charge is 2.25. The zero-order chi connectivity index (χ0) is 13.0. The van der Waals surface area contributed by atoms with Gasteiger partial charge < -0.3 is 4.74 Å². The van der Waals surface area contributed by atoms with E-state index in [2.05, 4.69) is 57.0 Å². The maximum absolute atomic E-state index is 6.21. The number of hydrogen-bond donors (Lipinski definition) is 0. The average Bonchev–Trinajstić information content (AvgIpc) is 2.41. The first-order chi connectivity index (χ1) is 8.74. The molecule has 0 N–H and O–H groups in total. The lowest BCUT2D eigenvalue weighted by Crippen LogP contribution is -2.29. The van der Waals surface area contributed by atoms with Crippen LogP contribution in [0.1, 0.15) is 44.6 Å². The summed E-state index contributed by atoms with van der Waals surface area (Å²) in [7, 11) is 0. The van der Waals surface area contributed by atoms with Crippen LogP contribution in [-0.2, 0) is 5.33 Å². The Morgan fingerprint density at radius 1 is 1.28 bits per heavy atom. The van der Waals surface area contributed by atoms with Gasteiger partial charge in [-0.15, -0.1) is 0 Å². The van der Waals surface area contributed by atoms with Crippen molar-refractivity contribution in [1.29, 1.82) is 0 Å². The fourth-order valence-corrected chi connectivity index (χ4v) is 3.92. The molecule has 1 aromatic carbocycles. The third-order valence-corrected chi connectivity index (χ3v) is 5.19. The first kappa shape index (κ1) is 14.4. The van der Waals surface area contributed by atoms with Gasteiger partial charge in [0.2, 0.25) is 0 Å². The number of hydrogen-bond acceptors (Lipinski definition) is 1. The molecular formula is C15H20Br2O. The van der Waals surface area contributed by atoms with Crippen LogP contribution in [0.2, 0.25) is 0 Å². The Morgan fingerprint density at radius 2 is 2.06 bits per heavy atom. The van der Waals surface area contributed by atoms with Crippen molar-refractivity contribution in [1.82, 2.24) is 0 Å². The lowest BCUT2D eigenvalue weighted by Gasteiger charge is -2.31. The molecule has 2 unspecified atom stereocenters. The Kier molecular flexibility index (Phi) is 5.56. The molecule has 1 nitrogen and oxygen atoms in total. The maximum atomic E-state index is 6.21. The van der Waals surface area contributed by atoms with Crippen LogP contribution in [0.5, 0.6) is 5.75 Å². The maximum Gasteiger partial charge on any atom is 0.120 e. The van der Waals surface area contributed by atoms with E-state index in [0.717, 1.165) is 21.5 Å². The first-order valence-corrected chi connectivity index (χ1v) is 8.67. The summed E-state index contributed by atoms with van der Waals surface area (Å²) in [6.45, 7) is 2.28. The van der Waals surface area contributed by atoms with Crippen LogP contribution in [0.25, 0.3) is 0 Å². The molecule has 0 saturated heterocycles. The van der Waals surface area contributed by atoms with Crippen LogP contribution >= 0.6 is 31.9 Å². The zero-order valence-corrected chi connectivity index (χ0v) is 14.0. The van der Waals surface area contributed by atoms with Crippen LogP contribution in [0, 0.1) is 5.92 Å². The van der Waals surface area contributed by atoms with Crippen LogP contribution in [0.3, 0.4) is 0 Å². The number of alkyl halides is 1. The summed E-state index contributed by atoms with van der Waals surface area (Å²) in [6.07, 6.45) is 6.84. The quantitative estimate of drug-likeness (QED) is 0.614. The molecule has 2 atom stereocenters. The van der Waals surface area contributed by atoms with Gasteiger partial charge in [-0.05, 0) is 55.4 Å². The van der Waals surface area contributed by atoms with Crippen molar-refractivity contribution in [3.8, 4) is 5.75 Å². The van der Waals surface area contributed by atoms with E-state index in [1.54, 1.807) is 0 Å². The van der Waals surface area contributed by atoms with Gasteiger partial charge in [0.15, 0.2) is 0 Å². The SMILES string of the molecule is CCC1CCCCC1Oc1ccc(Br)c(CBr)c1. The molecule has 100 valence electrons. The standard InChI is InChI=1S/C15H20Br2O/c1-2-11-5-3-4-6-15(11)18-13-7-8-14(17)12(9-13)10-16/h7-9,11,15H,2-6,10H2,1H3. The summed E-state index contributed by atoms with van der Waals surface area (Å²) in [5.74, 6) is 1.74. The molecule has 1 aromatic rings. The highest BCUT2D eigenvalue weighted by molar-refractivity contribution is 9.10. The Morgan fingerprint density at radius 3 is 2.78 bits per heavy atom. The van der Waals surface area contributed by atoms with Gasteiger partial charge in [0, 0.05) is 9.80 Å². The van der Waals surface area contributed by atoms with Crippen molar-refractivity contribution < 1.29 is 4.74 Å². The van der Waals surface area contributed by atoms with Gasteiger partial charge in [0.25, 0.3) is 0 Å². The van der Waals surface area contributed by atoms with Gasteiger partial charge in [-0.1, -0.05) is 45.2 Å². The minimum atomic E-state index is 0.410. The predicted molar refractivity (Wildman–Crippen MR) is 83.4 cm³/mol. The van der Waals surface area contributed by atoms with Gasteiger partial charge in [0.05, 0.1) is 0 Å². The minimum Gasteiger partial charge on any atom is -0.490 e. The van der Waals surface area contributed by atoms with Crippen LogP contribution < -0.4 is 4.74 Å². The van der Waals surface area contributed by atoms with E-state index in [1.165, 1.54) is 37.7 Å². The molecule has 1 fully saturated rings. The normalized spacial score (nSPS) is 23.9. The van der Waals surface area contributed by atoms with Gasteiger partial charge >= 0.3 is 0 Å². The molecule has 1 aliphatic carbocycles. The summed E-state index contributed by atoms with van der Waals surface area (Å²) in [4.78, 5) is 0. The molecule has 1 saturated carbocycles. The highest BCUT2D eigenvalue weighted by Crippen LogP contribution is 2.32. The summed E-state index contributed by atoms with van der Waals surface area (Å²) in [6, 6.07) is 6.29. The predicted octanol–water partition coefficient (Wildman–Crippen LogP) is 5.69. The molecule has 0 heterocycles. The molecule has 0 amide bonds. The molecule has 3 heteroatoms. The van der Waals surface area contributed by atoms with Crippen molar-refractivity contribution in [2.75, 3.05) is 0 Å². The molecule has 0 aromatic heterocycles. The number of benzene rings is 1. The third kappa shape index (κ3) is 3.51. The molecule has 1 aliphatic rings. The zero-order valence-electron chi connectivity index (χ0n) is 10.8. The third-order valence-electron chi connectivity index (χ3n) is 3.81. The molecule has 0 bridgehead atoms. The summed E-state index contributed by atoms with van der Waals surface area (Å²) < 4.78 is 7.36. The van der Waals surface area contributed by atoms with E-state index in [0.29, 0.717) is 6.10 Å². The highest BCUT2D eigenvalue weighted by atomic mass is 79.9. The van der Waals surface area contributed by atoms with Crippen molar-refractivity contribution in [2.45, 2.75) is 50.5 Å². The lowest BCUT2D eigenvalue weighted by atomic mass is 9.85. The Bertz CT molecular complexity index is 392. The molecule has 2 rings (SSSR count). The van der Waals surface area contributed by atoms with Gasteiger partial charge in [0.1, 0.15) is 11.9 Å². The summed E-state index contributed by atoms with van der Waals surface area (Å²) in [5, 5.41) is 0.854. The van der Waals surface area contributed by atoms with Gasteiger partial charge in [-0.3, -0.25) is 0 Å². The van der Waals surface area contributed by atoms with E-state index >= 15 is 0 Å². The Hall–Kier alpha value is -0.0200. The second kappa shape index (κ2) is 6.95. The van der Waals surface area contributed by atoms with Gasteiger partial charge in [-0.25, -0.2) is 0 Å². The van der Waals surface area contributed by atoms with Crippen molar-refractivity contribution in [3.63, 3.8) is 0 Å². The smallest absolute Gasteiger partial charge is 0.120 e. The van der Waals surface area contributed by atoms with Crippen molar-refractivity contribution in [3.05, 3.63) is 28.2 Å². The second-order valence-corrected chi connectivity index (χ2v) is 6.41. The second-order valence-electron chi connectivity index (χ2n) is 5.00. The van der Waals surface area contributed by atoms with Crippen LogP contribution in [0.4, 0.5) is 0 Å². The van der Waals surface area contributed by atoms with Crippen LogP contribution in [-0.4, -0.2) is 6.10 Å². The molecule has 18 heavy (non-hydrogen) atoms. The Labute approximate surface area is 127 Å². The summed E-state index contributed by atoms with van der Waals surface area (Å²) in [5.41, 5.74) is 1.25. The van der Waals surface area contributed by atoms with E-state index in [4.69, 9.17) is 4.74 Å². The molecule has 0 aliphatic heterocycles. The van der Waals surface area contributed by atoms with E-state index < -0.39 is 0 Å². The topological polar surface area (TPSA) is 9.23 Å². The monoisotopic (exact) mass is 374 g/mol. The largest absolute Gasteiger partial charge is 0.490 e. The Balaban J connectivity index is 2.07. The summed E-state index contributed by atoms with van der Waals surface area (Å²) >= 11 is 7.06. The van der Waals surface area contributed by atoms with Crippen molar-refractivity contribution in [2.24, 2.45) is 5.92 Å². The molecular weight excluding hydrogens is 356 g/mol. The fraction of sp³-hybridized carbons (Fsp3) is 0.600. The lowest BCUT2D eigenvalue weighted by molar-refractivity contribution is 0.0903.